The molecule has 2 unspecified atom stereocenters. The van der Waals surface area contributed by atoms with Gasteiger partial charge in [-0.2, -0.15) is 0 Å². The Morgan fingerprint density at radius 1 is 1.29 bits per heavy atom. The molecule has 3 N–H and O–H groups in total. The van der Waals surface area contributed by atoms with Crippen LogP contribution in [0.5, 0.6) is 0 Å². The van der Waals surface area contributed by atoms with Crippen molar-refractivity contribution < 1.29 is 17.8 Å². The summed E-state index contributed by atoms with van der Waals surface area (Å²) in [4.78, 5) is 20.0. The Morgan fingerprint density at radius 2 is 2.00 bits per heavy atom. The fourth-order valence-electron chi connectivity index (χ4n) is 2.37. The summed E-state index contributed by atoms with van der Waals surface area (Å²) in [6.45, 7) is 4.00. The van der Waals surface area contributed by atoms with Gasteiger partial charge in [0.15, 0.2) is 0 Å². The molecular weight excluding hydrogens is 388 g/mol. The molecule has 0 fully saturated rings. The summed E-state index contributed by atoms with van der Waals surface area (Å²) in [5, 5.41) is 2.56. The van der Waals surface area contributed by atoms with Gasteiger partial charge >= 0.3 is 0 Å². The van der Waals surface area contributed by atoms with Crippen molar-refractivity contribution in [3.63, 3.8) is 0 Å². The number of anilines is 1. The lowest BCUT2D eigenvalue weighted by molar-refractivity contribution is 0.102. The summed E-state index contributed by atoms with van der Waals surface area (Å²) < 4.78 is 40.4. The van der Waals surface area contributed by atoms with Crippen molar-refractivity contribution in [3.05, 3.63) is 59.4 Å². The number of guanidine groups is 1. The molecule has 0 bridgehead atoms. The Hall–Kier alpha value is -2.88. The maximum Gasteiger partial charge on any atom is 0.274 e. The molecule has 7 nitrogen and oxygen atoms in total. The number of benzene rings is 1. The fraction of sp³-hybridized carbons (Fsp3) is 0.278. The zero-order valence-electron chi connectivity index (χ0n) is 15.6. The lowest BCUT2D eigenvalue weighted by Gasteiger charge is -2.26. The summed E-state index contributed by atoms with van der Waals surface area (Å²) in [6, 6.07) is 5.58. The van der Waals surface area contributed by atoms with Crippen molar-refractivity contribution in [3.8, 4) is 0 Å². The van der Waals surface area contributed by atoms with E-state index in [-0.39, 0.29) is 23.0 Å². The number of nitrogens with two attached hydrogens (primary N) is 1. The van der Waals surface area contributed by atoms with Crippen molar-refractivity contribution in [2.75, 3.05) is 18.1 Å². The minimum Gasteiger partial charge on any atom is -0.369 e. The molecule has 0 saturated carbocycles. The van der Waals surface area contributed by atoms with Crippen molar-refractivity contribution in [1.29, 1.82) is 0 Å². The van der Waals surface area contributed by atoms with E-state index in [0.717, 1.165) is 12.3 Å². The number of nitrogens with zero attached hydrogens (tertiary/aromatic N) is 3. The minimum absolute atomic E-state index is 0.0138. The van der Waals surface area contributed by atoms with Crippen molar-refractivity contribution in [2.45, 2.75) is 19.9 Å². The molecule has 150 valence electrons. The predicted molar refractivity (Wildman–Crippen MR) is 105 cm³/mol. The number of carbonyl (C=O) groups excluding carboxylic acids is 1. The van der Waals surface area contributed by atoms with E-state index in [2.05, 4.69) is 15.3 Å². The number of hydrogen-bond acceptors (Lipinski definition) is 5. The maximum atomic E-state index is 14.2. The van der Waals surface area contributed by atoms with Crippen molar-refractivity contribution in [2.24, 2.45) is 10.7 Å². The first-order valence-electron chi connectivity index (χ1n) is 8.53. The molecule has 1 aromatic heterocycles. The Morgan fingerprint density at radius 3 is 2.61 bits per heavy atom. The van der Waals surface area contributed by atoms with E-state index in [9.17, 15) is 17.8 Å². The van der Waals surface area contributed by atoms with Gasteiger partial charge in [-0.1, -0.05) is 13.8 Å². The van der Waals surface area contributed by atoms with Gasteiger partial charge in [-0.25, -0.2) is 23.0 Å². The van der Waals surface area contributed by atoms with Crippen LogP contribution in [0.25, 0.3) is 0 Å². The topological polar surface area (TPSA) is 101 Å². The van der Waals surface area contributed by atoms with E-state index in [4.69, 9.17) is 5.73 Å². The van der Waals surface area contributed by atoms with E-state index in [1.165, 1.54) is 35.6 Å². The molecule has 1 aliphatic heterocycles. The Bertz CT molecular complexity index is 905. The number of nitrogens with one attached hydrogen (secondary N) is 1. The molecule has 0 saturated heterocycles. The minimum atomic E-state index is -1.43. The van der Waals surface area contributed by atoms with Gasteiger partial charge in [0.2, 0.25) is 5.96 Å². The third kappa shape index (κ3) is 4.89. The molecule has 10 heteroatoms. The second kappa shape index (κ2) is 9.36. The van der Waals surface area contributed by atoms with Crippen LogP contribution in [0.4, 0.5) is 14.5 Å². The van der Waals surface area contributed by atoms with E-state index >= 15 is 0 Å². The van der Waals surface area contributed by atoms with Crippen LogP contribution in [0, 0.1) is 11.6 Å². The zero-order chi connectivity index (χ0) is 20.8. The van der Waals surface area contributed by atoms with E-state index in [1.54, 1.807) is 0 Å². The number of carbonyl (C=O) groups is 1. The number of aliphatic imine (C=N–C) groups is 1. The number of hydrogen-bond donors (Lipinski definition) is 2. The SMILES string of the molecule is CC.CN1C(N)=NC(c2cc(NC(=O)c3ccc(F)cn3)ccc2F)CS1=O. The van der Waals surface area contributed by atoms with E-state index in [1.807, 2.05) is 13.8 Å². The Balaban J connectivity index is 0.00000136. The quantitative estimate of drug-likeness (QED) is 0.814. The third-order valence-electron chi connectivity index (χ3n) is 3.79. The van der Waals surface area contributed by atoms with Crippen LogP contribution in [0.2, 0.25) is 0 Å². The normalized spacial score (nSPS) is 18.6. The lowest BCUT2D eigenvalue weighted by Crippen LogP contribution is -2.41. The average Bonchev–Trinajstić information content (AvgIpc) is 2.69. The van der Waals surface area contributed by atoms with Crippen LogP contribution < -0.4 is 11.1 Å². The molecule has 2 heterocycles. The third-order valence-corrected chi connectivity index (χ3v) is 5.19. The highest BCUT2D eigenvalue weighted by Crippen LogP contribution is 2.28. The molecule has 1 amide bonds. The summed E-state index contributed by atoms with van der Waals surface area (Å²) in [7, 11) is 0.110. The number of aromatic nitrogens is 1. The molecule has 2 atom stereocenters. The van der Waals surface area contributed by atoms with Gasteiger partial charge in [0.25, 0.3) is 5.91 Å². The Kier molecular flexibility index (Phi) is 7.16. The summed E-state index contributed by atoms with van der Waals surface area (Å²) in [5.74, 6) is -1.56. The highest BCUT2D eigenvalue weighted by molar-refractivity contribution is 7.83. The number of halogens is 2. The van der Waals surface area contributed by atoms with Gasteiger partial charge in [0, 0.05) is 18.3 Å². The monoisotopic (exact) mass is 409 g/mol. The van der Waals surface area contributed by atoms with Crippen LogP contribution in [0.1, 0.15) is 35.9 Å². The van der Waals surface area contributed by atoms with Crippen molar-refractivity contribution >= 4 is 28.5 Å². The van der Waals surface area contributed by atoms with Crippen LogP contribution in [-0.2, 0) is 11.0 Å². The van der Waals surface area contributed by atoms with Crippen LogP contribution in [-0.4, -0.2) is 38.2 Å². The Labute approximate surface area is 164 Å². The van der Waals surface area contributed by atoms with Gasteiger partial charge in [0.1, 0.15) is 28.3 Å². The number of rotatable bonds is 3. The number of amides is 1. The fourth-order valence-corrected chi connectivity index (χ4v) is 3.37. The predicted octanol–water partition coefficient (Wildman–Crippen LogP) is 2.60. The average molecular weight is 409 g/mol. The molecule has 3 rings (SSSR count). The summed E-state index contributed by atoms with van der Waals surface area (Å²) in [6.07, 6.45) is 0.927. The highest BCUT2D eigenvalue weighted by Gasteiger charge is 2.27. The smallest absolute Gasteiger partial charge is 0.274 e. The summed E-state index contributed by atoms with van der Waals surface area (Å²) in [5.41, 5.74) is 6.19. The van der Waals surface area contributed by atoms with Gasteiger partial charge in [-0.3, -0.25) is 9.10 Å². The second-order valence-electron chi connectivity index (χ2n) is 5.54. The molecule has 1 aromatic carbocycles. The van der Waals surface area contributed by atoms with Crippen molar-refractivity contribution in [1.82, 2.24) is 9.29 Å². The largest absolute Gasteiger partial charge is 0.369 e. The van der Waals surface area contributed by atoms with E-state index in [0.29, 0.717) is 5.69 Å². The molecular formula is C18H21F2N5O2S. The second-order valence-corrected chi connectivity index (χ2v) is 7.06. The molecule has 0 aliphatic carbocycles. The van der Waals surface area contributed by atoms with Gasteiger partial charge in [-0.05, 0) is 30.3 Å². The number of pyridine rings is 1. The van der Waals surface area contributed by atoms with Crippen LogP contribution in [0.3, 0.4) is 0 Å². The van der Waals surface area contributed by atoms with E-state index < -0.39 is 34.6 Å². The molecule has 28 heavy (non-hydrogen) atoms. The van der Waals surface area contributed by atoms with Gasteiger partial charge < -0.3 is 11.1 Å². The molecule has 0 radical (unpaired) electrons. The molecule has 0 spiro atoms. The van der Waals surface area contributed by atoms with Gasteiger partial charge in [0.05, 0.1) is 18.0 Å². The zero-order valence-corrected chi connectivity index (χ0v) is 16.5. The van der Waals surface area contributed by atoms with Gasteiger partial charge in [-0.15, -0.1) is 0 Å². The first kappa shape index (κ1) is 21.4. The highest BCUT2D eigenvalue weighted by atomic mass is 32.2. The molecule has 2 aromatic rings. The van der Waals surface area contributed by atoms with Crippen LogP contribution in [0.15, 0.2) is 41.5 Å². The molecule has 1 aliphatic rings. The first-order chi connectivity index (χ1) is 13.3. The first-order valence-corrected chi connectivity index (χ1v) is 9.80. The summed E-state index contributed by atoms with van der Waals surface area (Å²) >= 11 is 0. The van der Waals surface area contributed by atoms with Crippen LogP contribution >= 0.6 is 0 Å². The lowest BCUT2D eigenvalue weighted by atomic mass is 10.1. The maximum absolute atomic E-state index is 14.2. The standard InChI is InChI=1S/C16H15F2N5O2S.C2H6/c1-23-16(19)22-14(8-26(23)25)11-6-10(3-4-12(11)18)21-15(24)13-5-2-9(17)7-20-13;1-2/h2-7,14H,8H2,1H3,(H2,19,22)(H,21,24);1-2H3.